The van der Waals surface area contributed by atoms with E-state index in [1.807, 2.05) is 20.8 Å². The molecule has 0 aromatic heterocycles. The van der Waals surface area contributed by atoms with Gasteiger partial charge in [0.05, 0.1) is 12.2 Å². The maximum atomic E-state index is 11.9. The van der Waals surface area contributed by atoms with E-state index in [2.05, 4.69) is 6.58 Å². The number of hydrogen-bond donors (Lipinski definition) is 1. The number of carbonyl (C=O) groups is 2. The van der Waals surface area contributed by atoms with Crippen LogP contribution in [0.4, 0.5) is 4.79 Å². The van der Waals surface area contributed by atoms with Crippen molar-refractivity contribution in [2.45, 2.75) is 39.2 Å². The lowest BCUT2D eigenvalue weighted by Crippen LogP contribution is -2.42. The minimum atomic E-state index is -1.03. The fourth-order valence-corrected chi connectivity index (χ4v) is 2.02. The van der Waals surface area contributed by atoms with Gasteiger partial charge in [-0.25, -0.2) is 9.59 Å². The van der Waals surface area contributed by atoms with Crippen molar-refractivity contribution in [1.29, 1.82) is 0 Å². The van der Waals surface area contributed by atoms with E-state index in [4.69, 9.17) is 14.6 Å². The van der Waals surface area contributed by atoms with Crippen LogP contribution >= 0.6 is 0 Å². The van der Waals surface area contributed by atoms with Crippen molar-refractivity contribution in [3.05, 3.63) is 12.2 Å². The first-order valence-electron chi connectivity index (χ1n) is 7.16. The Morgan fingerprint density at radius 2 is 1.86 bits per heavy atom. The highest BCUT2D eigenvalue weighted by Gasteiger charge is 2.26. The van der Waals surface area contributed by atoms with Crippen LogP contribution in [-0.2, 0) is 14.3 Å². The summed E-state index contributed by atoms with van der Waals surface area (Å²) in [5.41, 5.74) is -0.421. The molecule has 1 fully saturated rings. The van der Waals surface area contributed by atoms with E-state index in [1.165, 1.54) is 0 Å². The number of carbonyl (C=O) groups excluding carboxylic acids is 1. The van der Waals surface area contributed by atoms with Crippen LogP contribution in [0.1, 0.15) is 33.6 Å². The fraction of sp³-hybridized carbons (Fsp3) is 0.733. The zero-order valence-electron chi connectivity index (χ0n) is 13.1. The molecule has 0 radical (unpaired) electrons. The van der Waals surface area contributed by atoms with Crippen LogP contribution in [0.25, 0.3) is 0 Å². The Morgan fingerprint density at radius 3 is 2.33 bits per heavy atom. The Labute approximate surface area is 125 Å². The Hall–Kier alpha value is -1.56. The molecule has 0 spiro atoms. The van der Waals surface area contributed by atoms with E-state index >= 15 is 0 Å². The number of carboxylic acids is 1. The van der Waals surface area contributed by atoms with Crippen molar-refractivity contribution in [1.82, 2.24) is 4.90 Å². The van der Waals surface area contributed by atoms with Gasteiger partial charge in [0.2, 0.25) is 0 Å². The van der Waals surface area contributed by atoms with Crippen LogP contribution in [0, 0.1) is 5.92 Å². The van der Waals surface area contributed by atoms with Crippen LogP contribution in [0.2, 0.25) is 0 Å². The Balaban J connectivity index is 2.25. The van der Waals surface area contributed by atoms with Gasteiger partial charge in [-0.3, -0.25) is 0 Å². The topological polar surface area (TPSA) is 76.1 Å². The number of aliphatic carboxylic acids is 1. The highest BCUT2D eigenvalue weighted by Crippen LogP contribution is 2.20. The molecule has 1 N–H and O–H groups in total. The average molecular weight is 299 g/mol. The SMILES string of the molecule is C=C(COCC1CCN(C(=O)OC(C)(C)C)CC1)C(=O)O. The summed E-state index contributed by atoms with van der Waals surface area (Å²) in [5, 5.41) is 8.67. The highest BCUT2D eigenvalue weighted by molar-refractivity contribution is 5.85. The molecule has 0 bridgehead atoms. The summed E-state index contributed by atoms with van der Waals surface area (Å²) < 4.78 is 10.7. The number of ether oxygens (including phenoxy) is 2. The van der Waals surface area contributed by atoms with Gasteiger partial charge in [-0.1, -0.05) is 6.58 Å². The Kier molecular flexibility index (Phi) is 6.20. The maximum absolute atomic E-state index is 11.9. The third kappa shape index (κ3) is 6.62. The molecule has 1 heterocycles. The zero-order valence-corrected chi connectivity index (χ0v) is 13.1. The molecule has 0 aromatic carbocycles. The lowest BCUT2D eigenvalue weighted by molar-refractivity contribution is -0.133. The van der Waals surface area contributed by atoms with Gasteiger partial charge in [-0.15, -0.1) is 0 Å². The summed E-state index contributed by atoms with van der Waals surface area (Å²) in [7, 11) is 0. The van der Waals surface area contributed by atoms with E-state index in [9.17, 15) is 9.59 Å². The average Bonchev–Trinajstić information content (AvgIpc) is 2.37. The number of piperidine rings is 1. The second kappa shape index (κ2) is 7.45. The molecule has 6 nitrogen and oxygen atoms in total. The molecule has 1 saturated heterocycles. The molecule has 0 saturated carbocycles. The van der Waals surface area contributed by atoms with Gasteiger partial charge >= 0.3 is 12.1 Å². The second-order valence-electron chi connectivity index (χ2n) is 6.33. The number of rotatable bonds is 5. The van der Waals surface area contributed by atoms with Crippen molar-refractivity contribution < 1.29 is 24.2 Å². The number of carboxylic acid groups (broad SMARTS) is 1. The highest BCUT2D eigenvalue weighted by atomic mass is 16.6. The number of amides is 1. The van der Waals surface area contributed by atoms with E-state index in [0.29, 0.717) is 25.6 Å². The first kappa shape index (κ1) is 17.5. The molecular formula is C15H25NO5. The molecular weight excluding hydrogens is 274 g/mol. The van der Waals surface area contributed by atoms with Crippen molar-refractivity contribution in [2.24, 2.45) is 5.92 Å². The molecule has 120 valence electrons. The molecule has 1 rings (SSSR count). The van der Waals surface area contributed by atoms with E-state index in [0.717, 1.165) is 12.8 Å². The van der Waals surface area contributed by atoms with Crippen molar-refractivity contribution in [2.75, 3.05) is 26.3 Å². The Bertz CT molecular complexity index is 391. The van der Waals surface area contributed by atoms with E-state index in [-0.39, 0.29) is 18.3 Å². The number of hydrogen-bond acceptors (Lipinski definition) is 4. The first-order chi connectivity index (χ1) is 9.69. The Morgan fingerprint density at radius 1 is 1.29 bits per heavy atom. The third-order valence-corrected chi connectivity index (χ3v) is 3.20. The molecule has 21 heavy (non-hydrogen) atoms. The van der Waals surface area contributed by atoms with Crippen LogP contribution in [0.5, 0.6) is 0 Å². The van der Waals surface area contributed by atoms with Gasteiger partial charge in [0.25, 0.3) is 0 Å². The van der Waals surface area contributed by atoms with Crippen LogP contribution in [0.3, 0.4) is 0 Å². The summed E-state index contributed by atoms with van der Waals surface area (Å²) in [6.45, 7) is 10.8. The monoisotopic (exact) mass is 299 g/mol. The maximum Gasteiger partial charge on any atom is 0.410 e. The lowest BCUT2D eigenvalue weighted by Gasteiger charge is -2.33. The van der Waals surface area contributed by atoms with E-state index < -0.39 is 11.6 Å². The number of nitrogens with zero attached hydrogens (tertiary/aromatic N) is 1. The molecule has 1 aliphatic heterocycles. The van der Waals surface area contributed by atoms with Gasteiger partial charge in [0.1, 0.15) is 5.60 Å². The van der Waals surface area contributed by atoms with Crippen LogP contribution in [-0.4, -0.2) is 54.0 Å². The predicted octanol–water partition coefficient (Wildman–Crippen LogP) is 2.29. The minimum Gasteiger partial charge on any atom is -0.478 e. The van der Waals surface area contributed by atoms with Gasteiger partial charge in [0.15, 0.2) is 0 Å². The predicted molar refractivity (Wildman–Crippen MR) is 78.1 cm³/mol. The normalized spacial score (nSPS) is 16.6. The minimum absolute atomic E-state index is 0.0433. The molecule has 0 aliphatic carbocycles. The first-order valence-corrected chi connectivity index (χ1v) is 7.16. The summed E-state index contributed by atoms with van der Waals surface area (Å²) in [6.07, 6.45) is 1.39. The van der Waals surface area contributed by atoms with Crippen molar-refractivity contribution in [3.63, 3.8) is 0 Å². The third-order valence-electron chi connectivity index (χ3n) is 3.20. The zero-order chi connectivity index (χ0) is 16.0. The summed E-state index contributed by atoms with van der Waals surface area (Å²) in [4.78, 5) is 24.2. The van der Waals surface area contributed by atoms with Crippen molar-refractivity contribution in [3.8, 4) is 0 Å². The van der Waals surface area contributed by atoms with Crippen LogP contribution < -0.4 is 0 Å². The quantitative estimate of drug-likeness (QED) is 0.788. The molecule has 1 aliphatic rings. The molecule has 6 heteroatoms. The summed E-state index contributed by atoms with van der Waals surface area (Å²) in [5.74, 6) is -0.694. The van der Waals surface area contributed by atoms with Gasteiger partial charge in [0, 0.05) is 19.7 Å². The smallest absolute Gasteiger partial charge is 0.410 e. The van der Waals surface area contributed by atoms with Crippen molar-refractivity contribution >= 4 is 12.1 Å². The van der Waals surface area contributed by atoms with E-state index in [1.54, 1.807) is 4.90 Å². The summed E-state index contributed by atoms with van der Waals surface area (Å²) in [6, 6.07) is 0. The van der Waals surface area contributed by atoms with Crippen LogP contribution in [0.15, 0.2) is 12.2 Å². The molecule has 1 amide bonds. The lowest BCUT2D eigenvalue weighted by atomic mass is 9.98. The molecule has 0 unspecified atom stereocenters. The van der Waals surface area contributed by atoms with Gasteiger partial charge in [-0.05, 0) is 39.5 Å². The summed E-state index contributed by atoms with van der Waals surface area (Å²) >= 11 is 0. The largest absolute Gasteiger partial charge is 0.478 e. The van der Waals surface area contributed by atoms with Gasteiger partial charge in [-0.2, -0.15) is 0 Å². The van der Waals surface area contributed by atoms with Gasteiger partial charge < -0.3 is 19.5 Å². The standard InChI is InChI=1S/C15H25NO5/c1-11(13(17)18)9-20-10-12-5-7-16(8-6-12)14(19)21-15(2,3)4/h12H,1,5-10H2,2-4H3,(H,17,18). The second-order valence-corrected chi connectivity index (χ2v) is 6.33. The molecule has 0 atom stereocenters. The fourth-order valence-electron chi connectivity index (χ4n) is 2.02. The number of likely N-dealkylation sites (tertiary alicyclic amines) is 1. The molecule has 0 aromatic rings.